The van der Waals surface area contributed by atoms with Crippen LogP contribution in [-0.4, -0.2) is 28.3 Å². The zero-order valence-corrected chi connectivity index (χ0v) is 12.6. The first-order chi connectivity index (χ1) is 11.2. The lowest BCUT2D eigenvalue weighted by Gasteiger charge is -2.11. The number of rotatable bonds is 5. The third kappa shape index (κ3) is 3.82. The summed E-state index contributed by atoms with van der Waals surface area (Å²) in [4.78, 5) is 23.7. The van der Waals surface area contributed by atoms with Gasteiger partial charge in [0.15, 0.2) is 0 Å². The van der Waals surface area contributed by atoms with Crippen LogP contribution in [0, 0.1) is 0 Å². The summed E-state index contributed by atoms with van der Waals surface area (Å²) in [6.07, 6.45) is 2.23. The fraction of sp³-hybridized carbons (Fsp3) is 0.312. The molecule has 0 saturated carbocycles. The Balaban J connectivity index is 1.48. The molecule has 0 bridgehead atoms. The molecule has 3 N–H and O–H groups in total. The molecule has 7 heteroatoms. The van der Waals surface area contributed by atoms with Gasteiger partial charge in [0.1, 0.15) is 6.04 Å². The summed E-state index contributed by atoms with van der Waals surface area (Å²) in [5, 5.41) is 6.78. The topological polar surface area (TPSA) is 88.0 Å². The minimum Gasteiger partial charge on any atom is -0.353 e. The van der Waals surface area contributed by atoms with E-state index in [-0.39, 0.29) is 23.6 Å². The molecule has 1 aliphatic rings. The number of hydrogen-bond acceptors (Lipinski definition) is 5. The molecule has 2 atom stereocenters. The van der Waals surface area contributed by atoms with Crippen molar-refractivity contribution < 1.29 is 4.79 Å². The summed E-state index contributed by atoms with van der Waals surface area (Å²) in [5.74, 6) is -0.0834. The van der Waals surface area contributed by atoms with Crippen LogP contribution in [0.15, 0.2) is 53.5 Å². The van der Waals surface area contributed by atoms with Crippen LogP contribution < -0.4 is 21.7 Å². The van der Waals surface area contributed by atoms with Gasteiger partial charge in [0.2, 0.25) is 5.91 Å². The van der Waals surface area contributed by atoms with E-state index in [9.17, 15) is 9.59 Å². The zero-order valence-electron chi connectivity index (χ0n) is 12.6. The van der Waals surface area contributed by atoms with E-state index in [1.807, 2.05) is 30.3 Å². The van der Waals surface area contributed by atoms with Crippen LogP contribution in [0.2, 0.25) is 0 Å². The SMILES string of the molecule is O=C(NCCn1ncccc1=O)C1CC(c2ccccc2)NN1. The van der Waals surface area contributed by atoms with E-state index in [1.165, 1.54) is 10.7 Å². The Kier molecular flexibility index (Phi) is 4.80. The van der Waals surface area contributed by atoms with Crippen molar-refractivity contribution >= 4 is 5.91 Å². The summed E-state index contributed by atoms with van der Waals surface area (Å²) < 4.78 is 1.33. The summed E-state index contributed by atoms with van der Waals surface area (Å²) in [5.41, 5.74) is 7.14. The standard InChI is InChI=1S/C16H19N5O2/c22-15-7-4-8-18-21(15)10-9-17-16(23)14-11-13(19-20-14)12-5-2-1-3-6-12/h1-8,13-14,19-20H,9-11H2,(H,17,23). The number of aromatic nitrogens is 2. The maximum Gasteiger partial charge on any atom is 0.266 e. The third-order valence-electron chi connectivity index (χ3n) is 3.83. The van der Waals surface area contributed by atoms with Crippen molar-refractivity contribution in [3.05, 3.63) is 64.6 Å². The lowest BCUT2D eigenvalue weighted by atomic mass is 10.0. The van der Waals surface area contributed by atoms with E-state index in [4.69, 9.17) is 0 Å². The molecule has 7 nitrogen and oxygen atoms in total. The number of carbonyl (C=O) groups is 1. The van der Waals surface area contributed by atoms with Gasteiger partial charge in [0, 0.05) is 24.8 Å². The minimum absolute atomic E-state index is 0.0834. The first-order valence-corrected chi connectivity index (χ1v) is 7.60. The molecule has 2 unspecified atom stereocenters. The van der Waals surface area contributed by atoms with Gasteiger partial charge >= 0.3 is 0 Å². The fourth-order valence-corrected chi connectivity index (χ4v) is 2.60. The molecule has 1 aliphatic heterocycles. The number of nitrogens with one attached hydrogen (secondary N) is 3. The summed E-state index contributed by atoms with van der Waals surface area (Å²) in [6.45, 7) is 0.720. The van der Waals surface area contributed by atoms with Crippen molar-refractivity contribution in [2.75, 3.05) is 6.54 Å². The normalized spacial score (nSPS) is 20.3. The number of amides is 1. The van der Waals surface area contributed by atoms with Crippen molar-refractivity contribution in [2.45, 2.75) is 25.0 Å². The molecule has 1 saturated heterocycles. The van der Waals surface area contributed by atoms with Gasteiger partial charge in [-0.05, 0) is 18.1 Å². The lowest BCUT2D eigenvalue weighted by molar-refractivity contribution is -0.122. The second-order valence-electron chi connectivity index (χ2n) is 5.42. The molecular formula is C16H19N5O2. The highest BCUT2D eigenvalue weighted by Gasteiger charge is 2.29. The molecule has 1 aromatic heterocycles. The molecule has 1 amide bonds. The summed E-state index contributed by atoms with van der Waals surface area (Å²) in [6, 6.07) is 12.9. The monoisotopic (exact) mass is 313 g/mol. The van der Waals surface area contributed by atoms with Crippen LogP contribution in [-0.2, 0) is 11.3 Å². The Morgan fingerprint density at radius 1 is 1.22 bits per heavy atom. The summed E-state index contributed by atoms with van der Waals surface area (Å²) in [7, 11) is 0. The van der Waals surface area contributed by atoms with Crippen molar-refractivity contribution in [3.63, 3.8) is 0 Å². The van der Waals surface area contributed by atoms with Crippen molar-refractivity contribution in [2.24, 2.45) is 0 Å². The van der Waals surface area contributed by atoms with Crippen LogP contribution in [0.5, 0.6) is 0 Å². The Labute approximate surface area is 133 Å². The Morgan fingerprint density at radius 3 is 2.83 bits per heavy atom. The first kappa shape index (κ1) is 15.4. The first-order valence-electron chi connectivity index (χ1n) is 7.60. The van der Waals surface area contributed by atoms with Gasteiger partial charge in [-0.3, -0.25) is 9.59 Å². The predicted molar refractivity (Wildman–Crippen MR) is 85.4 cm³/mol. The lowest BCUT2D eigenvalue weighted by Crippen LogP contribution is -2.44. The minimum atomic E-state index is -0.291. The molecule has 1 fully saturated rings. The van der Waals surface area contributed by atoms with Gasteiger partial charge in [0.05, 0.1) is 6.54 Å². The van der Waals surface area contributed by atoms with Crippen LogP contribution >= 0.6 is 0 Å². The largest absolute Gasteiger partial charge is 0.353 e. The van der Waals surface area contributed by atoms with E-state index < -0.39 is 0 Å². The molecule has 0 aliphatic carbocycles. The number of carbonyl (C=O) groups excluding carboxylic acids is 1. The highest BCUT2D eigenvalue weighted by molar-refractivity contribution is 5.82. The van der Waals surface area contributed by atoms with E-state index in [0.29, 0.717) is 19.5 Å². The molecule has 120 valence electrons. The van der Waals surface area contributed by atoms with E-state index >= 15 is 0 Å². The fourth-order valence-electron chi connectivity index (χ4n) is 2.60. The van der Waals surface area contributed by atoms with E-state index in [1.54, 1.807) is 12.3 Å². The maximum atomic E-state index is 12.2. The Bertz CT molecular complexity index is 716. The van der Waals surface area contributed by atoms with Crippen LogP contribution in [0.3, 0.4) is 0 Å². The van der Waals surface area contributed by atoms with Crippen molar-refractivity contribution in [1.82, 2.24) is 25.9 Å². The third-order valence-corrected chi connectivity index (χ3v) is 3.83. The van der Waals surface area contributed by atoms with Crippen LogP contribution in [0.1, 0.15) is 18.0 Å². The number of hydrogen-bond donors (Lipinski definition) is 3. The van der Waals surface area contributed by atoms with Crippen molar-refractivity contribution in [1.29, 1.82) is 0 Å². The molecule has 0 radical (unpaired) electrons. The highest BCUT2D eigenvalue weighted by atomic mass is 16.2. The van der Waals surface area contributed by atoms with Crippen LogP contribution in [0.25, 0.3) is 0 Å². The van der Waals surface area contributed by atoms with Gasteiger partial charge < -0.3 is 5.32 Å². The van der Waals surface area contributed by atoms with Crippen molar-refractivity contribution in [3.8, 4) is 0 Å². The Hall–Kier alpha value is -2.51. The van der Waals surface area contributed by atoms with Gasteiger partial charge in [-0.25, -0.2) is 15.5 Å². The predicted octanol–water partition coefficient (Wildman–Crippen LogP) is -0.0327. The molecule has 1 aromatic carbocycles. The average molecular weight is 313 g/mol. The quantitative estimate of drug-likeness (QED) is 0.721. The van der Waals surface area contributed by atoms with E-state index in [2.05, 4.69) is 21.3 Å². The van der Waals surface area contributed by atoms with Crippen LogP contribution in [0.4, 0.5) is 0 Å². The number of benzene rings is 1. The molecule has 2 heterocycles. The van der Waals surface area contributed by atoms with Gasteiger partial charge in [-0.15, -0.1) is 0 Å². The van der Waals surface area contributed by atoms with Gasteiger partial charge in [-0.2, -0.15) is 5.10 Å². The number of hydrazine groups is 1. The molecule has 2 aromatic rings. The highest BCUT2D eigenvalue weighted by Crippen LogP contribution is 2.21. The maximum absolute atomic E-state index is 12.2. The van der Waals surface area contributed by atoms with Gasteiger partial charge in [-0.1, -0.05) is 30.3 Å². The number of nitrogens with zero attached hydrogens (tertiary/aromatic N) is 2. The smallest absolute Gasteiger partial charge is 0.266 e. The Morgan fingerprint density at radius 2 is 2.04 bits per heavy atom. The van der Waals surface area contributed by atoms with Gasteiger partial charge in [0.25, 0.3) is 5.56 Å². The summed E-state index contributed by atoms with van der Waals surface area (Å²) >= 11 is 0. The average Bonchev–Trinajstić information content (AvgIpc) is 3.07. The molecular weight excluding hydrogens is 294 g/mol. The molecule has 23 heavy (non-hydrogen) atoms. The van der Waals surface area contributed by atoms with E-state index in [0.717, 1.165) is 5.56 Å². The molecule has 0 spiro atoms. The second kappa shape index (κ2) is 7.17. The second-order valence-corrected chi connectivity index (χ2v) is 5.42. The zero-order chi connectivity index (χ0) is 16.1. The molecule has 3 rings (SSSR count).